The van der Waals surface area contributed by atoms with Gasteiger partial charge in [-0.2, -0.15) is 5.10 Å². The molecule has 0 spiro atoms. The van der Waals surface area contributed by atoms with E-state index in [1.54, 1.807) is 27.6 Å². The van der Waals surface area contributed by atoms with Gasteiger partial charge in [0, 0.05) is 18.0 Å². The van der Waals surface area contributed by atoms with Crippen molar-refractivity contribution in [3.8, 4) is 5.69 Å². The van der Waals surface area contributed by atoms with Crippen molar-refractivity contribution >= 4 is 45.0 Å². The molecule has 0 fully saturated rings. The minimum atomic E-state index is -0.168. The van der Waals surface area contributed by atoms with Crippen LogP contribution in [0.25, 0.3) is 15.9 Å². The normalized spacial score (nSPS) is 13.6. The predicted molar refractivity (Wildman–Crippen MR) is 134 cm³/mol. The number of nitrogens with zero attached hydrogens (tertiary/aromatic N) is 4. The number of carbonyl (C=O) groups is 1. The van der Waals surface area contributed by atoms with Crippen LogP contribution in [0.5, 0.6) is 0 Å². The van der Waals surface area contributed by atoms with Crippen molar-refractivity contribution in [3.05, 3.63) is 62.9 Å². The van der Waals surface area contributed by atoms with Crippen molar-refractivity contribution in [3.63, 3.8) is 0 Å². The lowest BCUT2D eigenvalue weighted by molar-refractivity contribution is -0.113. The van der Waals surface area contributed by atoms with Crippen LogP contribution in [0.3, 0.4) is 0 Å². The summed E-state index contributed by atoms with van der Waals surface area (Å²) in [7, 11) is 1.79. The van der Waals surface area contributed by atoms with E-state index in [9.17, 15) is 9.59 Å². The van der Waals surface area contributed by atoms with Crippen LogP contribution in [0, 0.1) is 6.92 Å². The number of para-hydroxylation sites is 1. The van der Waals surface area contributed by atoms with Gasteiger partial charge in [-0.25, -0.2) is 4.98 Å². The number of aromatic nitrogens is 4. The third-order valence-electron chi connectivity index (χ3n) is 5.82. The van der Waals surface area contributed by atoms with Gasteiger partial charge in [-0.3, -0.25) is 18.8 Å². The molecule has 7 nitrogen and oxygen atoms in total. The molecule has 0 saturated carbocycles. The Morgan fingerprint density at radius 3 is 2.73 bits per heavy atom. The Morgan fingerprint density at radius 1 is 1.18 bits per heavy atom. The summed E-state index contributed by atoms with van der Waals surface area (Å²) in [6.07, 6.45) is 5.40. The number of fused-ring (bicyclic) bond motifs is 3. The van der Waals surface area contributed by atoms with Crippen LogP contribution in [0.4, 0.5) is 5.82 Å². The van der Waals surface area contributed by atoms with Crippen LogP contribution >= 0.6 is 23.1 Å². The number of nitrogens with one attached hydrogen (secondary N) is 1. The first kappa shape index (κ1) is 21.9. The van der Waals surface area contributed by atoms with Gasteiger partial charge in [0.1, 0.15) is 10.6 Å². The molecule has 0 saturated heterocycles. The van der Waals surface area contributed by atoms with Gasteiger partial charge in [-0.1, -0.05) is 36.4 Å². The minimum absolute atomic E-state index is 0.0456. The molecular formula is C24H25N5O2S2. The minimum Gasteiger partial charge on any atom is -0.310 e. The molecule has 1 aliphatic carbocycles. The van der Waals surface area contributed by atoms with Crippen LogP contribution < -0.4 is 10.9 Å². The predicted octanol–water partition coefficient (Wildman–Crippen LogP) is 4.49. The molecular weight excluding hydrogens is 454 g/mol. The third-order valence-corrected chi connectivity index (χ3v) is 7.95. The molecule has 1 aliphatic rings. The van der Waals surface area contributed by atoms with Crippen molar-refractivity contribution in [1.29, 1.82) is 0 Å². The lowest BCUT2D eigenvalue weighted by Gasteiger charge is -2.12. The molecule has 0 unspecified atom stereocenters. The van der Waals surface area contributed by atoms with Gasteiger partial charge in [-0.05, 0) is 50.3 Å². The molecule has 4 aromatic rings. The molecule has 1 N–H and O–H groups in total. The summed E-state index contributed by atoms with van der Waals surface area (Å²) in [5, 5.41) is 8.43. The van der Waals surface area contributed by atoms with Gasteiger partial charge in [-0.15, -0.1) is 11.3 Å². The van der Waals surface area contributed by atoms with Gasteiger partial charge in [0.05, 0.1) is 22.5 Å². The van der Waals surface area contributed by atoms with Crippen molar-refractivity contribution in [2.75, 3.05) is 11.1 Å². The van der Waals surface area contributed by atoms with E-state index in [1.807, 2.05) is 43.3 Å². The molecule has 0 radical (unpaired) electrons. The van der Waals surface area contributed by atoms with Gasteiger partial charge >= 0.3 is 0 Å². The van der Waals surface area contributed by atoms with Crippen LogP contribution in [0.1, 0.15) is 35.4 Å². The van der Waals surface area contributed by atoms with E-state index >= 15 is 0 Å². The van der Waals surface area contributed by atoms with Gasteiger partial charge < -0.3 is 5.32 Å². The van der Waals surface area contributed by atoms with Crippen LogP contribution in [0.2, 0.25) is 0 Å². The molecule has 33 heavy (non-hydrogen) atoms. The number of rotatable bonds is 5. The number of hydrogen-bond acceptors (Lipinski definition) is 6. The van der Waals surface area contributed by atoms with E-state index in [-0.39, 0.29) is 17.2 Å². The first-order chi connectivity index (χ1) is 16.0. The summed E-state index contributed by atoms with van der Waals surface area (Å²) in [6.45, 7) is 1.88. The summed E-state index contributed by atoms with van der Waals surface area (Å²) in [6, 6.07) is 11.4. The molecule has 9 heteroatoms. The Labute approximate surface area is 199 Å². The second-order valence-corrected chi connectivity index (χ2v) is 10.3. The fourth-order valence-corrected chi connectivity index (χ4v) is 6.42. The molecule has 0 aliphatic heterocycles. The first-order valence-corrected chi connectivity index (χ1v) is 12.9. The highest BCUT2D eigenvalue weighted by Crippen LogP contribution is 2.34. The number of benzene rings is 1. The maximum absolute atomic E-state index is 13.8. The molecule has 5 rings (SSSR count). The zero-order chi connectivity index (χ0) is 22.9. The van der Waals surface area contributed by atoms with E-state index in [1.165, 1.54) is 28.6 Å². The quantitative estimate of drug-likeness (QED) is 0.259. The lowest BCUT2D eigenvalue weighted by Crippen LogP contribution is -2.23. The highest BCUT2D eigenvalue weighted by atomic mass is 32.2. The molecule has 1 amide bonds. The van der Waals surface area contributed by atoms with E-state index in [4.69, 9.17) is 4.98 Å². The third kappa shape index (κ3) is 4.35. The van der Waals surface area contributed by atoms with Gasteiger partial charge in [0.2, 0.25) is 5.91 Å². The maximum atomic E-state index is 13.8. The monoisotopic (exact) mass is 479 g/mol. The largest absolute Gasteiger partial charge is 0.310 e. The number of thioether (sulfide) groups is 1. The summed E-state index contributed by atoms with van der Waals surface area (Å²) < 4.78 is 3.30. The standard InChI is InChI=1S/C24H25N5O2S2/c1-15-13-19(28(2)27-15)25-20(30)14-32-24-26-22-21(17-11-7-4-8-12-18(17)33-22)23(31)29(24)16-9-5-3-6-10-16/h3,5-6,9-10,13H,4,7-8,11-12,14H2,1-2H3,(H,25,30). The molecule has 0 atom stereocenters. The van der Waals surface area contributed by atoms with Crippen LogP contribution in [-0.4, -0.2) is 31.0 Å². The molecule has 170 valence electrons. The molecule has 0 bridgehead atoms. The van der Waals surface area contributed by atoms with E-state index in [0.29, 0.717) is 11.0 Å². The summed E-state index contributed by atoms with van der Waals surface area (Å²) in [5.41, 5.74) is 2.73. The number of thiophene rings is 1. The average Bonchev–Trinajstić information content (AvgIpc) is 3.21. The van der Waals surface area contributed by atoms with Gasteiger partial charge in [0.15, 0.2) is 5.16 Å². The van der Waals surface area contributed by atoms with Gasteiger partial charge in [0.25, 0.3) is 5.56 Å². The zero-order valence-electron chi connectivity index (χ0n) is 18.6. The Morgan fingerprint density at radius 2 is 1.97 bits per heavy atom. The Balaban J connectivity index is 1.52. The number of anilines is 1. The summed E-state index contributed by atoms with van der Waals surface area (Å²) in [4.78, 5) is 33.4. The van der Waals surface area contributed by atoms with Crippen LogP contribution in [-0.2, 0) is 24.7 Å². The highest BCUT2D eigenvalue weighted by Gasteiger charge is 2.22. The fourth-order valence-electron chi connectivity index (χ4n) is 4.30. The average molecular weight is 480 g/mol. The van der Waals surface area contributed by atoms with Crippen molar-refractivity contribution < 1.29 is 4.79 Å². The number of carbonyl (C=O) groups excluding carboxylic acids is 1. The summed E-state index contributed by atoms with van der Waals surface area (Å²) in [5.74, 6) is 0.614. The van der Waals surface area contributed by atoms with Crippen molar-refractivity contribution in [2.45, 2.75) is 44.2 Å². The number of amides is 1. The molecule has 1 aromatic carbocycles. The Hall–Kier alpha value is -2.91. The van der Waals surface area contributed by atoms with Crippen molar-refractivity contribution in [2.24, 2.45) is 7.05 Å². The number of aryl methyl sites for hydroxylation is 4. The van der Waals surface area contributed by atoms with Crippen molar-refractivity contribution in [1.82, 2.24) is 19.3 Å². The molecule has 3 heterocycles. The second-order valence-electron chi connectivity index (χ2n) is 8.25. The van der Waals surface area contributed by atoms with E-state index in [2.05, 4.69) is 10.4 Å². The topological polar surface area (TPSA) is 81.8 Å². The lowest BCUT2D eigenvalue weighted by atomic mass is 10.1. The van der Waals surface area contributed by atoms with E-state index in [0.717, 1.165) is 47.3 Å². The first-order valence-electron chi connectivity index (χ1n) is 11.1. The fraction of sp³-hybridized carbons (Fsp3) is 0.333. The second kappa shape index (κ2) is 9.15. The summed E-state index contributed by atoms with van der Waals surface area (Å²) >= 11 is 2.91. The maximum Gasteiger partial charge on any atom is 0.267 e. The smallest absolute Gasteiger partial charge is 0.267 e. The zero-order valence-corrected chi connectivity index (χ0v) is 20.3. The molecule has 3 aromatic heterocycles. The highest BCUT2D eigenvalue weighted by molar-refractivity contribution is 7.99. The van der Waals surface area contributed by atoms with Crippen LogP contribution in [0.15, 0.2) is 46.3 Å². The SMILES string of the molecule is Cc1cc(NC(=O)CSc2nc3sc4c(c3c(=O)n2-c2ccccc2)CCCCC4)n(C)n1. The number of hydrogen-bond donors (Lipinski definition) is 1. The van der Waals surface area contributed by atoms with E-state index < -0.39 is 0 Å². The Kier molecular flexibility index (Phi) is 6.07. The Bertz CT molecular complexity index is 1390.